The first-order valence-corrected chi connectivity index (χ1v) is 7.72. The van der Waals surface area contributed by atoms with Gasteiger partial charge in [-0.15, -0.1) is 23.5 Å². The van der Waals surface area contributed by atoms with E-state index in [4.69, 9.17) is 5.11 Å². The third-order valence-electron chi connectivity index (χ3n) is 2.53. The van der Waals surface area contributed by atoms with Crippen molar-refractivity contribution in [3.8, 4) is 0 Å². The molecule has 0 radical (unpaired) electrons. The van der Waals surface area contributed by atoms with Crippen molar-refractivity contribution in [2.24, 2.45) is 4.99 Å². The fourth-order valence-electron chi connectivity index (χ4n) is 1.65. The lowest BCUT2D eigenvalue weighted by molar-refractivity contribution is -0.137. The normalized spacial score (nSPS) is 18.1. The molecule has 1 aromatic carbocycles. The lowest BCUT2D eigenvalue weighted by Gasteiger charge is -2.20. The van der Waals surface area contributed by atoms with Crippen LogP contribution >= 0.6 is 23.5 Å². The molecule has 0 fully saturated rings. The third kappa shape index (κ3) is 3.53. The fraction of sp³-hybridized carbons (Fsp3) is 0.385. The van der Waals surface area contributed by atoms with E-state index in [1.807, 2.05) is 30.0 Å². The van der Waals surface area contributed by atoms with Crippen molar-refractivity contribution in [2.75, 3.05) is 5.75 Å². The second-order valence-electron chi connectivity index (χ2n) is 4.02. The molecule has 3 nitrogen and oxygen atoms in total. The standard InChI is InChI=1S/C13H15NO2S2/c1-9-13(17-8-4-7-12(15)16)14-10-5-2-3-6-11(10)18-9/h2-3,5-6,9H,4,7-8H2,1H3,(H,15,16). The average Bonchev–Trinajstić information content (AvgIpc) is 2.34. The van der Waals surface area contributed by atoms with Crippen LogP contribution in [0.25, 0.3) is 0 Å². The van der Waals surface area contributed by atoms with Crippen LogP contribution in [0.5, 0.6) is 0 Å². The van der Waals surface area contributed by atoms with Crippen LogP contribution < -0.4 is 0 Å². The highest BCUT2D eigenvalue weighted by atomic mass is 32.2. The Hall–Kier alpha value is -0.940. The number of rotatable bonds is 4. The topological polar surface area (TPSA) is 49.7 Å². The molecule has 1 heterocycles. The zero-order valence-corrected chi connectivity index (χ0v) is 11.8. The van der Waals surface area contributed by atoms with E-state index in [0.29, 0.717) is 11.7 Å². The van der Waals surface area contributed by atoms with E-state index >= 15 is 0 Å². The van der Waals surface area contributed by atoms with Gasteiger partial charge in [-0.1, -0.05) is 12.1 Å². The van der Waals surface area contributed by atoms with Crippen molar-refractivity contribution in [1.29, 1.82) is 0 Å². The number of carbonyl (C=O) groups is 1. The number of benzene rings is 1. The summed E-state index contributed by atoms with van der Waals surface area (Å²) in [6, 6.07) is 8.13. The van der Waals surface area contributed by atoms with Crippen molar-refractivity contribution >= 4 is 40.2 Å². The molecule has 1 aromatic rings. The number of para-hydroxylation sites is 1. The molecule has 0 saturated carbocycles. The Morgan fingerprint density at radius 3 is 3.06 bits per heavy atom. The van der Waals surface area contributed by atoms with Crippen LogP contribution in [0.2, 0.25) is 0 Å². The molecule has 0 saturated heterocycles. The molecule has 0 aliphatic carbocycles. The Kier molecular flexibility index (Phi) is 4.72. The number of carboxylic acids is 1. The summed E-state index contributed by atoms with van der Waals surface area (Å²) < 4.78 is 0. The van der Waals surface area contributed by atoms with Crippen LogP contribution in [0.1, 0.15) is 19.8 Å². The molecule has 18 heavy (non-hydrogen) atoms. The first-order chi connectivity index (χ1) is 8.66. The molecule has 0 aromatic heterocycles. The summed E-state index contributed by atoms with van der Waals surface area (Å²) in [5.41, 5.74) is 1.03. The average molecular weight is 281 g/mol. The Morgan fingerprint density at radius 1 is 1.50 bits per heavy atom. The first-order valence-electron chi connectivity index (χ1n) is 5.85. The van der Waals surface area contributed by atoms with Crippen molar-refractivity contribution in [1.82, 2.24) is 0 Å². The lowest BCUT2D eigenvalue weighted by Crippen LogP contribution is -2.13. The van der Waals surface area contributed by atoms with Crippen LogP contribution in [-0.2, 0) is 4.79 Å². The molecule has 1 unspecified atom stereocenters. The van der Waals surface area contributed by atoms with E-state index in [1.165, 1.54) is 4.90 Å². The monoisotopic (exact) mass is 281 g/mol. The largest absolute Gasteiger partial charge is 0.481 e. The van der Waals surface area contributed by atoms with Gasteiger partial charge < -0.3 is 5.11 Å². The summed E-state index contributed by atoms with van der Waals surface area (Å²) in [5.74, 6) is 0.0898. The molecule has 1 atom stereocenters. The Morgan fingerprint density at radius 2 is 2.28 bits per heavy atom. The van der Waals surface area contributed by atoms with Crippen molar-refractivity contribution in [3.63, 3.8) is 0 Å². The second kappa shape index (κ2) is 6.29. The molecule has 0 spiro atoms. The molecule has 96 valence electrons. The van der Waals surface area contributed by atoms with Gasteiger partial charge in [-0.2, -0.15) is 0 Å². The molecule has 1 aliphatic rings. The van der Waals surface area contributed by atoms with Gasteiger partial charge in [0.05, 0.1) is 16.0 Å². The Balaban J connectivity index is 1.96. The summed E-state index contributed by atoms with van der Waals surface area (Å²) in [6.07, 6.45) is 0.927. The minimum atomic E-state index is -0.728. The zero-order chi connectivity index (χ0) is 13.0. The highest BCUT2D eigenvalue weighted by Gasteiger charge is 2.19. The summed E-state index contributed by atoms with van der Waals surface area (Å²) in [4.78, 5) is 16.3. The Bertz CT molecular complexity index is 474. The number of carboxylic acid groups (broad SMARTS) is 1. The number of aliphatic carboxylic acids is 1. The van der Waals surface area contributed by atoms with Crippen LogP contribution in [0.15, 0.2) is 34.2 Å². The maximum Gasteiger partial charge on any atom is 0.303 e. The number of hydrogen-bond acceptors (Lipinski definition) is 4. The summed E-state index contributed by atoms with van der Waals surface area (Å²) in [7, 11) is 0. The zero-order valence-electron chi connectivity index (χ0n) is 10.1. The van der Waals surface area contributed by atoms with E-state index in [0.717, 1.165) is 16.5 Å². The SMILES string of the molecule is CC1Sc2ccccc2N=C1SCCCC(=O)O. The number of aliphatic imine (C=N–C) groups is 1. The molecular formula is C13H15NO2S2. The van der Waals surface area contributed by atoms with Crippen molar-refractivity contribution < 1.29 is 9.90 Å². The lowest BCUT2D eigenvalue weighted by atomic mass is 10.3. The summed E-state index contributed by atoms with van der Waals surface area (Å²) >= 11 is 3.49. The van der Waals surface area contributed by atoms with Crippen LogP contribution in [0.4, 0.5) is 5.69 Å². The minimum Gasteiger partial charge on any atom is -0.481 e. The predicted molar refractivity (Wildman–Crippen MR) is 78.2 cm³/mol. The van der Waals surface area contributed by atoms with Crippen molar-refractivity contribution in [3.05, 3.63) is 24.3 Å². The summed E-state index contributed by atoms with van der Waals surface area (Å²) in [5, 5.41) is 10.0. The van der Waals surface area contributed by atoms with Crippen LogP contribution in [-0.4, -0.2) is 27.1 Å². The number of nitrogens with zero attached hydrogens (tertiary/aromatic N) is 1. The number of thioether (sulfide) groups is 2. The van der Waals surface area contributed by atoms with Gasteiger partial charge in [-0.05, 0) is 31.2 Å². The van der Waals surface area contributed by atoms with Gasteiger partial charge in [0.15, 0.2) is 0 Å². The third-order valence-corrected chi connectivity index (χ3v) is 5.09. The van der Waals surface area contributed by atoms with E-state index < -0.39 is 5.97 Å². The molecule has 2 rings (SSSR count). The number of fused-ring (bicyclic) bond motifs is 1. The highest BCUT2D eigenvalue weighted by molar-refractivity contribution is 8.16. The summed E-state index contributed by atoms with van der Waals surface area (Å²) in [6.45, 7) is 2.14. The molecular weight excluding hydrogens is 266 g/mol. The quantitative estimate of drug-likeness (QED) is 0.853. The smallest absolute Gasteiger partial charge is 0.303 e. The molecule has 5 heteroatoms. The van der Waals surface area contributed by atoms with Crippen molar-refractivity contribution in [2.45, 2.75) is 29.9 Å². The van der Waals surface area contributed by atoms with Gasteiger partial charge in [0.2, 0.25) is 0 Å². The van der Waals surface area contributed by atoms with Gasteiger partial charge in [-0.25, -0.2) is 4.99 Å². The van der Waals surface area contributed by atoms with Crippen LogP contribution in [0, 0.1) is 0 Å². The van der Waals surface area contributed by atoms with Gasteiger partial charge in [0, 0.05) is 11.3 Å². The first kappa shape index (κ1) is 13.5. The minimum absolute atomic E-state index is 0.235. The Labute approximate surface area is 115 Å². The highest BCUT2D eigenvalue weighted by Crippen LogP contribution is 2.39. The predicted octanol–water partition coefficient (Wildman–Crippen LogP) is 3.81. The van der Waals surface area contributed by atoms with Gasteiger partial charge >= 0.3 is 5.97 Å². The van der Waals surface area contributed by atoms with E-state index in [9.17, 15) is 4.79 Å². The van der Waals surface area contributed by atoms with Gasteiger partial charge in [0.1, 0.15) is 0 Å². The second-order valence-corrected chi connectivity index (χ2v) is 6.52. The fourth-order valence-corrected chi connectivity index (χ4v) is 3.82. The molecule has 0 bridgehead atoms. The van der Waals surface area contributed by atoms with E-state index in [2.05, 4.69) is 18.0 Å². The van der Waals surface area contributed by atoms with Gasteiger partial charge in [-0.3, -0.25) is 4.79 Å². The molecule has 1 aliphatic heterocycles. The molecule has 1 N–H and O–H groups in total. The van der Waals surface area contributed by atoms with E-state index in [1.54, 1.807) is 11.8 Å². The number of hydrogen-bond donors (Lipinski definition) is 1. The van der Waals surface area contributed by atoms with Gasteiger partial charge in [0.25, 0.3) is 0 Å². The maximum atomic E-state index is 10.4. The van der Waals surface area contributed by atoms with E-state index in [-0.39, 0.29) is 6.42 Å². The molecule has 0 amide bonds. The van der Waals surface area contributed by atoms with Crippen LogP contribution in [0.3, 0.4) is 0 Å². The maximum absolute atomic E-state index is 10.4.